The molecular formula is C20H29N5O3S. The number of likely N-dealkylation sites (N-methyl/N-ethyl adjacent to an activating group) is 1. The number of piperidine rings is 1. The van der Waals surface area contributed by atoms with Crippen molar-refractivity contribution in [3.63, 3.8) is 0 Å². The Hall–Kier alpha value is -1.81. The Labute approximate surface area is 172 Å². The molecule has 1 unspecified atom stereocenters. The fraction of sp³-hybridized carbons (Fsp3) is 0.600. The predicted octanol–water partition coefficient (Wildman–Crippen LogP) is 1.65. The van der Waals surface area contributed by atoms with E-state index in [0.717, 1.165) is 38.8 Å². The number of aryl methyl sites for hydroxylation is 1. The van der Waals surface area contributed by atoms with Crippen LogP contribution in [0, 0.1) is 0 Å². The van der Waals surface area contributed by atoms with Gasteiger partial charge in [0.2, 0.25) is 0 Å². The van der Waals surface area contributed by atoms with Crippen molar-refractivity contribution < 1.29 is 13.2 Å². The van der Waals surface area contributed by atoms with Crippen molar-refractivity contribution >= 4 is 10.0 Å². The molecule has 0 N–H and O–H groups in total. The zero-order chi connectivity index (χ0) is 20.5. The standard InChI is InChI=1S/C20H29N5O3S/c1-23(13-17-4-9-21-10-5-17)14-18-3-6-20(28-18)7-11-25(12-8-20)29(26,27)19-15-24(2)16-22-19/h4-5,9-10,15-16,18H,3,6-8,11-14H2,1-2H3. The van der Waals surface area contributed by atoms with E-state index in [1.807, 2.05) is 24.5 Å². The minimum atomic E-state index is -3.52. The van der Waals surface area contributed by atoms with Crippen LogP contribution < -0.4 is 0 Å². The van der Waals surface area contributed by atoms with Crippen LogP contribution in [-0.2, 0) is 28.4 Å². The summed E-state index contributed by atoms with van der Waals surface area (Å²) in [6, 6.07) is 4.07. The number of hydrogen-bond acceptors (Lipinski definition) is 6. The molecule has 29 heavy (non-hydrogen) atoms. The lowest BCUT2D eigenvalue weighted by molar-refractivity contribution is -0.0747. The first-order chi connectivity index (χ1) is 13.9. The largest absolute Gasteiger partial charge is 0.370 e. The van der Waals surface area contributed by atoms with Crippen molar-refractivity contribution in [1.29, 1.82) is 0 Å². The molecule has 2 fully saturated rings. The molecular weight excluding hydrogens is 390 g/mol. The van der Waals surface area contributed by atoms with Gasteiger partial charge in [0.25, 0.3) is 10.0 Å². The minimum Gasteiger partial charge on any atom is -0.370 e. The van der Waals surface area contributed by atoms with Gasteiger partial charge >= 0.3 is 0 Å². The lowest BCUT2D eigenvalue weighted by Crippen LogP contribution is -2.47. The molecule has 0 radical (unpaired) electrons. The lowest BCUT2D eigenvalue weighted by atomic mass is 9.89. The quantitative estimate of drug-likeness (QED) is 0.708. The Morgan fingerprint density at radius 1 is 1.24 bits per heavy atom. The first-order valence-electron chi connectivity index (χ1n) is 10.1. The zero-order valence-electron chi connectivity index (χ0n) is 17.1. The van der Waals surface area contributed by atoms with E-state index in [2.05, 4.69) is 21.9 Å². The van der Waals surface area contributed by atoms with Gasteiger partial charge in [-0.3, -0.25) is 9.88 Å². The Balaban J connectivity index is 1.30. The third-order valence-electron chi connectivity index (χ3n) is 5.97. The van der Waals surface area contributed by atoms with Gasteiger partial charge in [-0.1, -0.05) is 0 Å². The summed E-state index contributed by atoms with van der Waals surface area (Å²) in [5.41, 5.74) is 1.06. The lowest BCUT2D eigenvalue weighted by Gasteiger charge is -2.38. The van der Waals surface area contributed by atoms with Crippen LogP contribution in [0.4, 0.5) is 0 Å². The molecule has 2 aromatic heterocycles. The van der Waals surface area contributed by atoms with Gasteiger partial charge in [-0.05, 0) is 50.4 Å². The Bertz CT molecular complexity index is 923. The van der Waals surface area contributed by atoms with Crippen LogP contribution in [0.1, 0.15) is 31.2 Å². The number of imidazole rings is 1. The molecule has 4 heterocycles. The van der Waals surface area contributed by atoms with Crippen molar-refractivity contribution in [3.8, 4) is 0 Å². The summed E-state index contributed by atoms with van der Waals surface area (Å²) in [4.78, 5) is 10.4. The van der Waals surface area contributed by atoms with Crippen LogP contribution in [0.3, 0.4) is 0 Å². The molecule has 1 atom stereocenters. The maximum Gasteiger partial charge on any atom is 0.262 e. The molecule has 0 aromatic carbocycles. The van der Waals surface area contributed by atoms with E-state index in [1.165, 1.54) is 11.9 Å². The second-order valence-electron chi connectivity index (χ2n) is 8.30. The maximum atomic E-state index is 12.8. The second kappa shape index (κ2) is 8.14. The Morgan fingerprint density at radius 2 is 1.97 bits per heavy atom. The number of nitrogens with zero attached hydrogens (tertiary/aromatic N) is 5. The molecule has 158 valence electrons. The van der Waals surface area contributed by atoms with Crippen molar-refractivity contribution in [2.75, 3.05) is 26.7 Å². The summed E-state index contributed by atoms with van der Waals surface area (Å²) in [6.07, 6.45) is 10.4. The van der Waals surface area contributed by atoms with Crippen molar-refractivity contribution in [3.05, 3.63) is 42.6 Å². The highest BCUT2D eigenvalue weighted by Gasteiger charge is 2.45. The molecule has 9 heteroatoms. The van der Waals surface area contributed by atoms with Gasteiger partial charge in [0.15, 0.2) is 5.03 Å². The van der Waals surface area contributed by atoms with Crippen LogP contribution in [0.5, 0.6) is 0 Å². The first kappa shape index (κ1) is 20.5. The molecule has 0 bridgehead atoms. The molecule has 1 spiro atoms. The van der Waals surface area contributed by atoms with Crippen LogP contribution in [0.25, 0.3) is 0 Å². The topological polar surface area (TPSA) is 80.6 Å². The fourth-order valence-corrected chi connectivity index (χ4v) is 5.80. The summed E-state index contributed by atoms with van der Waals surface area (Å²) >= 11 is 0. The van der Waals surface area contributed by atoms with Crippen LogP contribution in [0.15, 0.2) is 42.1 Å². The van der Waals surface area contributed by atoms with E-state index in [9.17, 15) is 8.42 Å². The van der Waals surface area contributed by atoms with E-state index in [1.54, 1.807) is 22.1 Å². The molecule has 0 amide bonds. The summed E-state index contributed by atoms with van der Waals surface area (Å²) < 4.78 is 35.3. The summed E-state index contributed by atoms with van der Waals surface area (Å²) in [5, 5.41) is 0.124. The smallest absolute Gasteiger partial charge is 0.262 e. The van der Waals surface area contributed by atoms with E-state index in [4.69, 9.17) is 4.74 Å². The molecule has 2 saturated heterocycles. The second-order valence-corrected chi connectivity index (χ2v) is 10.2. The van der Waals surface area contributed by atoms with Gasteiger partial charge in [0.05, 0.1) is 18.0 Å². The van der Waals surface area contributed by atoms with E-state index in [-0.39, 0.29) is 16.7 Å². The van der Waals surface area contributed by atoms with Crippen LogP contribution in [0.2, 0.25) is 0 Å². The van der Waals surface area contributed by atoms with E-state index >= 15 is 0 Å². The van der Waals surface area contributed by atoms with Gasteiger partial charge in [-0.25, -0.2) is 13.4 Å². The number of ether oxygens (including phenoxy) is 1. The zero-order valence-corrected chi connectivity index (χ0v) is 17.9. The molecule has 0 aliphatic carbocycles. The van der Waals surface area contributed by atoms with Crippen molar-refractivity contribution in [2.45, 2.75) is 49.0 Å². The van der Waals surface area contributed by atoms with Crippen LogP contribution in [-0.4, -0.2) is 70.5 Å². The SMILES string of the molecule is CN(Cc1ccncc1)CC1CCC2(CCN(S(=O)(=O)c3cn(C)cn3)CC2)O1. The van der Waals surface area contributed by atoms with E-state index in [0.29, 0.717) is 13.1 Å². The molecule has 2 aliphatic heterocycles. The van der Waals surface area contributed by atoms with Gasteiger partial charge in [0.1, 0.15) is 0 Å². The van der Waals surface area contributed by atoms with Gasteiger partial charge in [-0.2, -0.15) is 4.31 Å². The van der Waals surface area contributed by atoms with Gasteiger partial charge < -0.3 is 9.30 Å². The molecule has 8 nitrogen and oxygen atoms in total. The highest BCUT2D eigenvalue weighted by molar-refractivity contribution is 7.89. The maximum absolute atomic E-state index is 12.8. The van der Waals surface area contributed by atoms with Crippen LogP contribution >= 0.6 is 0 Å². The molecule has 2 aliphatic rings. The Kier molecular flexibility index (Phi) is 5.74. The highest BCUT2D eigenvalue weighted by Crippen LogP contribution is 2.40. The van der Waals surface area contributed by atoms with Gasteiger partial charge in [0, 0.05) is 51.8 Å². The fourth-order valence-electron chi connectivity index (χ4n) is 4.39. The number of rotatable bonds is 6. The third-order valence-corrected chi connectivity index (χ3v) is 7.76. The average Bonchev–Trinajstić information content (AvgIpc) is 3.30. The summed E-state index contributed by atoms with van der Waals surface area (Å²) in [7, 11) is 0.359. The van der Waals surface area contributed by atoms with Crippen molar-refractivity contribution in [1.82, 2.24) is 23.7 Å². The minimum absolute atomic E-state index is 0.124. The molecule has 2 aromatic rings. The van der Waals surface area contributed by atoms with Crippen molar-refractivity contribution in [2.24, 2.45) is 7.05 Å². The first-order valence-corrected chi connectivity index (χ1v) is 11.5. The average molecular weight is 420 g/mol. The normalized spacial score (nSPS) is 22.5. The number of hydrogen-bond donors (Lipinski definition) is 0. The Morgan fingerprint density at radius 3 is 2.62 bits per heavy atom. The molecule has 0 saturated carbocycles. The third kappa shape index (κ3) is 4.53. The summed E-state index contributed by atoms with van der Waals surface area (Å²) in [6.45, 7) is 2.71. The summed E-state index contributed by atoms with van der Waals surface area (Å²) in [5.74, 6) is 0. The monoisotopic (exact) mass is 419 g/mol. The van der Waals surface area contributed by atoms with Gasteiger partial charge in [-0.15, -0.1) is 0 Å². The molecule has 4 rings (SSSR count). The predicted molar refractivity (Wildman–Crippen MR) is 109 cm³/mol. The number of aromatic nitrogens is 3. The van der Waals surface area contributed by atoms with E-state index < -0.39 is 10.0 Å². The number of sulfonamides is 1. The number of pyridine rings is 1. The highest BCUT2D eigenvalue weighted by atomic mass is 32.2.